The number of aliphatic carboxylic acids is 1. The fourth-order valence-electron chi connectivity index (χ4n) is 3.61. The fraction of sp³-hybridized carbons (Fsp3) is 0.136. The fourth-order valence-corrected chi connectivity index (χ4v) is 4.80. The van der Waals surface area contributed by atoms with Crippen LogP contribution < -0.4 is 5.84 Å². The molecule has 0 fully saturated rings. The van der Waals surface area contributed by atoms with Crippen LogP contribution in [0, 0.1) is 0 Å². The Morgan fingerprint density at radius 1 is 1.09 bits per heavy atom. The maximum absolute atomic E-state index is 13.3. The Balaban J connectivity index is 1.67. The zero-order chi connectivity index (χ0) is 22.9. The van der Waals surface area contributed by atoms with Crippen LogP contribution in [-0.2, 0) is 27.8 Å². The van der Waals surface area contributed by atoms with E-state index in [1.165, 1.54) is 29.1 Å². The van der Waals surface area contributed by atoms with Crippen LogP contribution >= 0.6 is 0 Å². The Morgan fingerprint density at radius 3 is 2.53 bits per heavy atom. The summed E-state index contributed by atoms with van der Waals surface area (Å²) in [6.07, 6.45) is 4.07. The number of hydrogen-bond donors (Lipinski definition) is 2. The van der Waals surface area contributed by atoms with E-state index in [1.54, 1.807) is 42.5 Å². The summed E-state index contributed by atoms with van der Waals surface area (Å²) in [6.45, 7) is -0.330. The lowest BCUT2D eigenvalue weighted by atomic mass is 10.0. The monoisotopic (exact) mass is 452 g/mol. The summed E-state index contributed by atoms with van der Waals surface area (Å²) in [5.41, 5.74) is 1.93. The minimum Gasteiger partial charge on any atom is -0.480 e. The predicted octanol–water partition coefficient (Wildman–Crippen LogP) is 2.05. The maximum atomic E-state index is 13.3. The van der Waals surface area contributed by atoms with E-state index in [1.807, 2.05) is 0 Å². The molecule has 0 saturated heterocycles. The number of benzene rings is 2. The zero-order valence-electron chi connectivity index (χ0n) is 16.9. The molecule has 0 aliphatic heterocycles. The second kappa shape index (κ2) is 8.40. The Kier molecular flexibility index (Phi) is 5.64. The molecule has 0 spiro atoms. The van der Waals surface area contributed by atoms with Crippen LogP contribution in [-0.4, -0.2) is 39.5 Å². The third kappa shape index (κ3) is 3.93. The minimum absolute atomic E-state index is 0.132. The van der Waals surface area contributed by atoms with Gasteiger partial charge in [0.05, 0.1) is 16.8 Å². The molecule has 2 aromatic carbocycles. The summed E-state index contributed by atoms with van der Waals surface area (Å²) >= 11 is 0. The highest BCUT2D eigenvalue weighted by Gasteiger charge is 2.30. The van der Waals surface area contributed by atoms with E-state index in [-0.39, 0.29) is 28.5 Å². The highest BCUT2D eigenvalue weighted by Crippen LogP contribution is 2.31. The molecule has 1 heterocycles. The van der Waals surface area contributed by atoms with Gasteiger partial charge in [-0.3, -0.25) is 14.3 Å². The van der Waals surface area contributed by atoms with E-state index in [4.69, 9.17) is 10.9 Å². The number of rotatable bonds is 7. The lowest BCUT2D eigenvalue weighted by molar-refractivity contribution is -0.137. The molecule has 32 heavy (non-hydrogen) atoms. The average molecular weight is 452 g/mol. The normalized spacial score (nSPS) is 13.2. The number of carboxylic acid groups (broad SMARTS) is 1. The van der Waals surface area contributed by atoms with E-state index >= 15 is 0 Å². The molecule has 3 N–H and O–H groups in total. The van der Waals surface area contributed by atoms with Crippen molar-refractivity contribution in [2.45, 2.75) is 24.3 Å². The molecule has 1 aliphatic rings. The van der Waals surface area contributed by atoms with E-state index in [0.717, 1.165) is 0 Å². The summed E-state index contributed by atoms with van der Waals surface area (Å²) in [5.74, 6) is 4.70. The van der Waals surface area contributed by atoms with Crippen molar-refractivity contribution >= 4 is 27.5 Å². The molecule has 10 heteroatoms. The number of allylic oxidation sites excluding steroid dienone is 1. The molecule has 164 valence electrons. The lowest BCUT2D eigenvalue weighted by Gasteiger charge is -2.24. The van der Waals surface area contributed by atoms with Gasteiger partial charge in [0, 0.05) is 22.4 Å². The number of hydrogen-bond acceptors (Lipinski definition) is 6. The van der Waals surface area contributed by atoms with Crippen LogP contribution in [0.25, 0.3) is 5.70 Å². The van der Waals surface area contributed by atoms with Gasteiger partial charge in [-0.1, -0.05) is 48.5 Å². The van der Waals surface area contributed by atoms with Crippen molar-refractivity contribution in [3.63, 3.8) is 0 Å². The van der Waals surface area contributed by atoms with Crippen molar-refractivity contribution in [2.75, 3.05) is 0 Å². The first-order valence-corrected chi connectivity index (χ1v) is 11.2. The highest BCUT2D eigenvalue weighted by atomic mass is 32.2. The molecule has 1 aromatic heterocycles. The first-order chi connectivity index (χ1) is 15.3. The average Bonchev–Trinajstić information content (AvgIpc) is 3.21. The van der Waals surface area contributed by atoms with Crippen LogP contribution in [0.5, 0.6) is 0 Å². The molecular weight excluding hydrogens is 432 g/mol. The van der Waals surface area contributed by atoms with Crippen molar-refractivity contribution in [1.29, 1.82) is 0 Å². The van der Waals surface area contributed by atoms with Gasteiger partial charge in [0.1, 0.15) is 6.54 Å². The maximum Gasteiger partial charge on any atom is 0.325 e. The first-order valence-electron chi connectivity index (χ1n) is 9.76. The van der Waals surface area contributed by atoms with E-state index in [2.05, 4.69) is 5.10 Å². The Hall–Kier alpha value is -3.76. The van der Waals surface area contributed by atoms with Crippen molar-refractivity contribution in [3.8, 4) is 0 Å². The number of aromatic nitrogens is 2. The molecule has 0 atom stereocenters. The minimum atomic E-state index is -4.20. The van der Waals surface area contributed by atoms with Gasteiger partial charge in [0.25, 0.3) is 10.0 Å². The summed E-state index contributed by atoms with van der Waals surface area (Å²) < 4.78 is 28.5. The van der Waals surface area contributed by atoms with Crippen LogP contribution in [0.3, 0.4) is 0 Å². The standard InChI is InChI=1S/C22H20N4O5S/c23-26(20-11-5-10-19-18(20)13-24-25(19)14-21(27)28)32(30,31)17-9-4-8-16(12-17)22(29)15-6-2-1-3-7-15/h1-4,6-9,11-13H,5,10,14,23H2,(H,27,28). The summed E-state index contributed by atoms with van der Waals surface area (Å²) in [6, 6.07) is 14.3. The van der Waals surface area contributed by atoms with Gasteiger partial charge in [-0.05, 0) is 25.0 Å². The Morgan fingerprint density at radius 2 is 1.81 bits per heavy atom. The first kappa shape index (κ1) is 21.5. The molecule has 0 radical (unpaired) electrons. The number of carbonyl (C=O) groups excluding carboxylic acids is 1. The second-order valence-corrected chi connectivity index (χ2v) is 9.02. The van der Waals surface area contributed by atoms with Crippen LogP contribution in [0.15, 0.2) is 71.8 Å². The molecule has 4 rings (SSSR count). The second-order valence-electron chi connectivity index (χ2n) is 7.21. The number of carbonyl (C=O) groups is 2. The number of ketones is 1. The van der Waals surface area contributed by atoms with Crippen molar-refractivity contribution in [3.05, 3.63) is 89.3 Å². The number of hydrazine groups is 1. The number of sulfonamides is 1. The third-order valence-electron chi connectivity index (χ3n) is 5.15. The lowest BCUT2D eigenvalue weighted by Crippen LogP contribution is -2.36. The van der Waals surface area contributed by atoms with Crippen molar-refractivity contribution in [1.82, 2.24) is 14.2 Å². The van der Waals surface area contributed by atoms with E-state index in [9.17, 15) is 18.0 Å². The van der Waals surface area contributed by atoms with E-state index < -0.39 is 16.0 Å². The van der Waals surface area contributed by atoms with Crippen LogP contribution in [0.2, 0.25) is 0 Å². The van der Waals surface area contributed by atoms with Crippen LogP contribution in [0.4, 0.5) is 0 Å². The van der Waals surface area contributed by atoms with Crippen LogP contribution in [0.1, 0.15) is 33.6 Å². The van der Waals surface area contributed by atoms with Gasteiger partial charge in [-0.25, -0.2) is 10.3 Å². The molecule has 0 unspecified atom stereocenters. The molecule has 0 saturated carbocycles. The zero-order valence-corrected chi connectivity index (χ0v) is 17.7. The molecule has 0 amide bonds. The van der Waals surface area contributed by atoms with Gasteiger partial charge in [-0.15, -0.1) is 0 Å². The number of carboxylic acids is 1. The number of nitrogens with two attached hydrogens (primary N) is 1. The largest absolute Gasteiger partial charge is 0.480 e. The van der Waals surface area contributed by atoms with Crippen molar-refractivity contribution < 1.29 is 23.1 Å². The Labute approximate surface area is 184 Å². The summed E-state index contributed by atoms with van der Waals surface area (Å²) in [5, 5.41) is 13.1. The third-order valence-corrected chi connectivity index (χ3v) is 6.72. The van der Waals surface area contributed by atoms with E-state index in [0.29, 0.717) is 34.1 Å². The number of fused-ring (bicyclic) bond motifs is 1. The Bertz CT molecular complexity index is 1330. The van der Waals surface area contributed by atoms with Gasteiger partial charge >= 0.3 is 5.97 Å². The quantitative estimate of drug-likeness (QED) is 0.318. The molecule has 1 aliphatic carbocycles. The van der Waals surface area contributed by atoms with Gasteiger partial charge in [0.15, 0.2) is 5.78 Å². The topological polar surface area (TPSA) is 136 Å². The smallest absolute Gasteiger partial charge is 0.325 e. The SMILES string of the molecule is NN(C1=CCCc2c1cnn2CC(=O)O)S(=O)(=O)c1cccc(C(=O)c2ccccc2)c1. The molecule has 9 nitrogen and oxygen atoms in total. The molecule has 0 bridgehead atoms. The molecule has 3 aromatic rings. The van der Waals surface area contributed by atoms with Gasteiger partial charge in [0.2, 0.25) is 0 Å². The predicted molar refractivity (Wildman–Crippen MR) is 116 cm³/mol. The summed E-state index contributed by atoms with van der Waals surface area (Å²) in [7, 11) is -4.20. The molecular formula is C22H20N4O5S. The van der Waals surface area contributed by atoms with Crippen molar-refractivity contribution in [2.24, 2.45) is 5.84 Å². The van der Waals surface area contributed by atoms with Gasteiger partial charge < -0.3 is 5.11 Å². The highest BCUT2D eigenvalue weighted by molar-refractivity contribution is 7.89. The number of nitrogens with zero attached hydrogens (tertiary/aromatic N) is 3. The summed E-state index contributed by atoms with van der Waals surface area (Å²) in [4.78, 5) is 23.7. The van der Waals surface area contributed by atoms with Gasteiger partial charge in [-0.2, -0.15) is 13.5 Å².